The number of nitrogens with zero attached hydrogens (tertiary/aromatic N) is 3. The molecule has 4 nitrogen and oxygen atoms in total. The molecule has 0 spiro atoms. The van der Waals surface area contributed by atoms with Gasteiger partial charge in [0.2, 0.25) is 5.71 Å². The van der Waals surface area contributed by atoms with Gasteiger partial charge in [0.1, 0.15) is 17.2 Å². The Morgan fingerprint density at radius 1 is 1.04 bits per heavy atom. The summed E-state index contributed by atoms with van der Waals surface area (Å²) in [4.78, 5) is 8.93. The molecule has 5 heteroatoms. The summed E-state index contributed by atoms with van der Waals surface area (Å²) in [5.74, 6) is 0.464. The topological polar surface area (TPSA) is 43.9 Å². The summed E-state index contributed by atoms with van der Waals surface area (Å²) in [6, 6.07) is 15.6. The number of fused-ring (bicyclic) bond motifs is 4. The number of hydrogen-bond donors (Lipinski definition) is 0. The van der Waals surface area contributed by atoms with Crippen molar-refractivity contribution < 1.29 is 8.81 Å². The fourth-order valence-electron chi connectivity index (χ4n) is 3.59. The number of halogens is 1. The molecule has 128 valence electrons. The van der Waals surface area contributed by atoms with Gasteiger partial charge in [0.05, 0.1) is 28.2 Å². The van der Waals surface area contributed by atoms with Gasteiger partial charge in [-0.05, 0) is 38.1 Å². The molecule has 0 fully saturated rings. The van der Waals surface area contributed by atoms with Crippen LogP contribution in [0.5, 0.6) is 0 Å². The van der Waals surface area contributed by atoms with Crippen LogP contribution in [0, 0.1) is 5.82 Å². The van der Waals surface area contributed by atoms with Crippen LogP contribution in [0.3, 0.4) is 0 Å². The molecule has 0 radical (unpaired) electrons. The van der Waals surface area contributed by atoms with Gasteiger partial charge in [-0.2, -0.15) is 0 Å². The number of pyridine rings is 1. The lowest BCUT2D eigenvalue weighted by atomic mass is 10.1. The van der Waals surface area contributed by atoms with Crippen LogP contribution in [0.25, 0.3) is 44.5 Å². The molecule has 0 N–H and O–H groups in total. The average Bonchev–Trinajstić information content (AvgIpc) is 3.19. The summed E-state index contributed by atoms with van der Waals surface area (Å²) in [6.07, 6.45) is 1.17. The van der Waals surface area contributed by atoms with Crippen molar-refractivity contribution in [1.82, 2.24) is 14.5 Å². The van der Waals surface area contributed by atoms with Gasteiger partial charge in [0, 0.05) is 11.4 Å². The van der Waals surface area contributed by atoms with E-state index in [2.05, 4.69) is 29.5 Å². The van der Waals surface area contributed by atoms with E-state index in [4.69, 9.17) is 9.40 Å². The first-order valence-electron chi connectivity index (χ1n) is 8.57. The Hall–Kier alpha value is -3.21. The number of para-hydroxylation sites is 3. The molecule has 2 aromatic carbocycles. The lowest BCUT2D eigenvalue weighted by Crippen LogP contribution is -2.03. The smallest absolute Gasteiger partial charge is 0.227 e. The standard InChI is InChI=1S/C21H16FN3O/c1-12(2)25-18-9-4-3-8-17(18)24-20(25)15-7-5-6-14-16-10-13(22)11-23-21(16)26-19(14)15/h3-12H,1-2H3. The number of furan rings is 1. The van der Waals surface area contributed by atoms with Crippen LogP contribution in [-0.2, 0) is 0 Å². The predicted octanol–water partition coefficient (Wildman–Crippen LogP) is 5.72. The minimum absolute atomic E-state index is 0.229. The zero-order chi connectivity index (χ0) is 17.8. The Kier molecular flexibility index (Phi) is 3.13. The fourth-order valence-corrected chi connectivity index (χ4v) is 3.59. The monoisotopic (exact) mass is 345 g/mol. The number of aromatic nitrogens is 3. The van der Waals surface area contributed by atoms with Crippen LogP contribution in [0.1, 0.15) is 19.9 Å². The summed E-state index contributed by atoms with van der Waals surface area (Å²) >= 11 is 0. The predicted molar refractivity (Wildman–Crippen MR) is 101 cm³/mol. The van der Waals surface area contributed by atoms with E-state index in [9.17, 15) is 4.39 Å². The van der Waals surface area contributed by atoms with Crippen LogP contribution in [0.2, 0.25) is 0 Å². The maximum atomic E-state index is 13.7. The molecule has 0 saturated carbocycles. The lowest BCUT2D eigenvalue weighted by Gasteiger charge is -2.13. The van der Waals surface area contributed by atoms with Crippen LogP contribution in [0.15, 0.2) is 59.1 Å². The molecule has 0 aliphatic heterocycles. The highest BCUT2D eigenvalue weighted by Gasteiger charge is 2.20. The van der Waals surface area contributed by atoms with Gasteiger partial charge in [0.25, 0.3) is 0 Å². The molecular formula is C21H16FN3O. The Balaban J connectivity index is 1.89. The zero-order valence-electron chi connectivity index (χ0n) is 14.4. The van der Waals surface area contributed by atoms with Crippen molar-refractivity contribution in [3.8, 4) is 11.4 Å². The van der Waals surface area contributed by atoms with Crippen LogP contribution >= 0.6 is 0 Å². The fraction of sp³-hybridized carbons (Fsp3) is 0.143. The van der Waals surface area contributed by atoms with E-state index in [1.807, 2.05) is 36.4 Å². The van der Waals surface area contributed by atoms with E-state index in [1.54, 1.807) is 0 Å². The molecule has 3 aromatic heterocycles. The van der Waals surface area contributed by atoms with Gasteiger partial charge < -0.3 is 8.98 Å². The van der Waals surface area contributed by atoms with Gasteiger partial charge in [-0.15, -0.1) is 0 Å². The second kappa shape index (κ2) is 5.39. The number of imidazole rings is 1. The van der Waals surface area contributed by atoms with Crippen molar-refractivity contribution in [2.75, 3.05) is 0 Å². The van der Waals surface area contributed by atoms with Crippen molar-refractivity contribution in [2.24, 2.45) is 0 Å². The second-order valence-electron chi connectivity index (χ2n) is 6.68. The summed E-state index contributed by atoms with van der Waals surface area (Å²) in [5, 5.41) is 1.51. The molecule has 0 amide bonds. The van der Waals surface area contributed by atoms with E-state index in [0.29, 0.717) is 16.7 Å². The first-order chi connectivity index (χ1) is 12.6. The Bertz CT molecular complexity index is 1280. The Morgan fingerprint density at radius 3 is 2.73 bits per heavy atom. The Labute approximate surface area is 148 Å². The van der Waals surface area contributed by atoms with Crippen molar-refractivity contribution >= 4 is 33.1 Å². The molecule has 0 saturated heterocycles. The van der Waals surface area contributed by atoms with Gasteiger partial charge >= 0.3 is 0 Å². The van der Waals surface area contributed by atoms with Crippen LogP contribution in [-0.4, -0.2) is 14.5 Å². The molecule has 3 heterocycles. The molecule has 5 aromatic rings. The van der Waals surface area contributed by atoms with Crippen LogP contribution < -0.4 is 0 Å². The third-order valence-corrected chi connectivity index (χ3v) is 4.67. The van der Waals surface area contributed by atoms with E-state index < -0.39 is 0 Å². The molecular weight excluding hydrogens is 329 g/mol. The highest BCUT2D eigenvalue weighted by Crippen LogP contribution is 2.37. The molecule has 0 bridgehead atoms. The van der Waals surface area contributed by atoms with E-state index in [0.717, 1.165) is 27.8 Å². The second-order valence-corrected chi connectivity index (χ2v) is 6.68. The lowest BCUT2D eigenvalue weighted by molar-refractivity contribution is 0.612. The quantitative estimate of drug-likeness (QED) is 0.411. The highest BCUT2D eigenvalue weighted by atomic mass is 19.1. The van der Waals surface area contributed by atoms with Crippen molar-refractivity contribution in [1.29, 1.82) is 0 Å². The average molecular weight is 345 g/mol. The molecule has 0 aliphatic carbocycles. The maximum Gasteiger partial charge on any atom is 0.227 e. The van der Waals surface area contributed by atoms with E-state index in [1.165, 1.54) is 12.3 Å². The summed E-state index contributed by atoms with van der Waals surface area (Å²) in [7, 11) is 0. The summed E-state index contributed by atoms with van der Waals surface area (Å²) < 4.78 is 21.8. The molecule has 26 heavy (non-hydrogen) atoms. The van der Waals surface area contributed by atoms with Gasteiger partial charge in [-0.1, -0.05) is 24.3 Å². The molecule has 0 unspecified atom stereocenters. The van der Waals surface area contributed by atoms with E-state index >= 15 is 0 Å². The van der Waals surface area contributed by atoms with Crippen LogP contribution in [0.4, 0.5) is 4.39 Å². The Morgan fingerprint density at radius 2 is 1.88 bits per heavy atom. The van der Waals surface area contributed by atoms with Crippen molar-refractivity contribution in [3.05, 3.63) is 60.5 Å². The minimum atomic E-state index is -0.375. The highest BCUT2D eigenvalue weighted by molar-refractivity contribution is 6.08. The largest absolute Gasteiger partial charge is 0.437 e. The summed E-state index contributed by atoms with van der Waals surface area (Å²) in [6.45, 7) is 4.26. The maximum absolute atomic E-state index is 13.7. The number of benzene rings is 2. The SMILES string of the molecule is CC(C)n1c(-c2cccc3c2oc2ncc(F)cc23)nc2ccccc21. The number of rotatable bonds is 2. The molecule has 0 aliphatic rings. The normalized spacial score (nSPS) is 12.0. The van der Waals surface area contributed by atoms with Crippen molar-refractivity contribution in [3.63, 3.8) is 0 Å². The third-order valence-electron chi connectivity index (χ3n) is 4.67. The summed E-state index contributed by atoms with van der Waals surface area (Å²) in [5.41, 5.74) is 4.01. The molecule has 0 atom stereocenters. The van der Waals surface area contributed by atoms with Gasteiger partial charge in [-0.25, -0.2) is 14.4 Å². The minimum Gasteiger partial charge on any atom is -0.437 e. The molecule has 5 rings (SSSR count). The van der Waals surface area contributed by atoms with Gasteiger partial charge in [0.15, 0.2) is 0 Å². The zero-order valence-corrected chi connectivity index (χ0v) is 14.4. The van der Waals surface area contributed by atoms with Gasteiger partial charge in [-0.3, -0.25) is 0 Å². The van der Waals surface area contributed by atoms with E-state index in [-0.39, 0.29) is 11.9 Å². The number of hydrogen-bond acceptors (Lipinski definition) is 3. The third kappa shape index (κ3) is 2.07. The first-order valence-corrected chi connectivity index (χ1v) is 8.57. The van der Waals surface area contributed by atoms with Crippen molar-refractivity contribution in [2.45, 2.75) is 19.9 Å². The first kappa shape index (κ1) is 15.1.